The average Bonchev–Trinajstić information content (AvgIpc) is 3.43. The molecule has 0 saturated carbocycles. The molecule has 18 nitrogen and oxygen atoms in total. The second-order valence-electron chi connectivity index (χ2n) is 10.7. The summed E-state index contributed by atoms with van der Waals surface area (Å²) in [5.74, 6) is -6.10. The van der Waals surface area contributed by atoms with Gasteiger partial charge in [-0.05, 0) is 32.0 Å². The van der Waals surface area contributed by atoms with Gasteiger partial charge < -0.3 is 40.8 Å². The van der Waals surface area contributed by atoms with E-state index >= 15 is 0 Å². The molecule has 4 rings (SSSR count). The number of nitrogen functional groups attached to an aromatic ring is 1. The van der Waals surface area contributed by atoms with Crippen LogP contribution in [0.4, 0.5) is 5.13 Å². The first-order valence-corrected chi connectivity index (χ1v) is 15.2. The molecule has 0 bridgehead atoms. The van der Waals surface area contributed by atoms with Crippen LogP contribution >= 0.6 is 23.1 Å². The highest BCUT2D eigenvalue weighted by Crippen LogP contribution is 2.42. The van der Waals surface area contributed by atoms with Crippen molar-refractivity contribution in [2.24, 2.45) is 10.6 Å². The molecule has 2 unspecified atom stereocenters. The molecule has 1 aromatic carbocycles. The number of nitrogens with one attached hydrogen (secondary N) is 3. The predicted molar refractivity (Wildman–Crippen MR) is 160 cm³/mol. The van der Waals surface area contributed by atoms with E-state index in [0.29, 0.717) is 0 Å². The van der Waals surface area contributed by atoms with Gasteiger partial charge in [-0.25, -0.2) is 4.98 Å². The summed E-state index contributed by atoms with van der Waals surface area (Å²) in [5.41, 5.74) is 6.14. The average molecular weight is 680 g/mol. The largest absolute Gasteiger partial charge is 0.504 e. The number of anilines is 1. The van der Waals surface area contributed by atoms with Gasteiger partial charge in [0.25, 0.3) is 17.7 Å². The normalized spacial score (nSPS) is 20.9. The van der Waals surface area contributed by atoms with Gasteiger partial charge in [0.05, 0.1) is 0 Å². The van der Waals surface area contributed by atoms with Crippen LogP contribution in [-0.2, 0) is 33.5 Å². The van der Waals surface area contributed by atoms with Crippen molar-refractivity contribution in [3.05, 3.63) is 34.8 Å². The number of aliphatic carboxylic acids is 1. The van der Waals surface area contributed by atoms with Crippen molar-refractivity contribution in [3.8, 4) is 11.5 Å². The number of fused-ring (bicyclic) bond motifs is 1. The van der Waals surface area contributed by atoms with E-state index in [2.05, 4.69) is 26.3 Å². The summed E-state index contributed by atoms with van der Waals surface area (Å²) in [7, 11) is 0. The third-order valence-corrected chi connectivity index (χ3v) is 9.12. The highest BCUT2D eigenvalue weighted by atomic mass is 32.2. The number of β-lactam (4-membered cyclic amide) rings is 1. The molecule has 46 heavy (non-hydrogen) atoms. The fourth-order valence-electron chi connectivity index (χ4n) is 4.16. The zero-order valence-electron chi connectivity index (χ0n) is 24.4. The maximum atomic E-state index is 13.4. The number of aromatic nitrogens is 1. The highest BCUT2D eigenvalue weighted by Gasteiger charge is 2.58. The molecule has 3 heterocycles. The number of nitrogens with two attached hydrogens (primary N) is 1. The van der Waals surface area contributed by atoms with E-state index in [-0.39, 0.29) is 28.7 Å². The standard InChI is InChI=1S/C26H29N7O11S2/c1-11(34)43-9-26(23(41)42)8-33-20(39)17(21(33)46-10-26)29-19(38)16(13-7-45-24(27)28-13)32-44-25(2,3)22(40)31-30-18(37)12-4-5-14(35)15(36)6-12/h4-7,17,21,35-36H,8-10H2,1-3H3,(H2,27,28)(H,29,38)(H,30,37)(H,31,40)(H,41,42)/t17?,21-,26?/m1/s1. The second kappa shape index (κ2) is 13.1. The SMILES string of the molecule is CC(=O)OCC1(C(=O)O)CS[C@@H]2C(NC(=O)C(=NOC(C)(C)C(=O)NNC(=O)c3ccc(O)c(O)c3)c3csc(N)n3)C(=O)N2C1. The van der Waals surface area contributed by atoms with Gasteiger partial charge in [-0.15, -0.1) is 23.1 Å². The molecule has 8 N–H and O–H groups in total. The molecule has 3 atom stereocenters. The minimum atomic E-state index is -1.79. The molecule has 2 fully saturated rings. The number of carbonyl (C=O) groups is 6. The number of nitrogens with zero attached hydrogens (tertiary/aromatic N) is 3. The Bertz CT molecular complexity index is 1630. The molecule has 246 valence electrons. The number of esters is 1. The fourth-order valence-corrected chi connectivity index (χ4v) is 6.23. The van der Waals surface area contributed by atoms with Crippen LogP contribution in [0.2, 0.25) is 0 Å². The molecular weight excluding hydrogens is 650 g/mol. The van der Waals surface area contributed by atoms with Crippen LogP contribution in [0.25, 0.3) is 0 Å². The Labute approximate surface area is 268 Å². The number of phenols is 2. The lowest BCUT2D eigenvalue weighted by atomic mass is 9.88. The van der Waals surface area contributed by atoms with E-state index in [0.717, 1.165) is 42.2 Å². The summed E-state index contributed by atoms with van der Waals surface area (Å²) in [6.45, 7) is 3.05. The molecule has 1 aromatic heterocycles. The number of ether oxygens (including phenoxy) is 1. The van der Waals surface area contributed by atoms with E-state index in [4.69, 9.17) is 15.3 Å². The number of phenolic OH excluding ortho intramolecular Hbond substituents is 2. The van der Waals surface area contributed by atoms with Crippen LogP contribution in [0.5, 0.6) is 11.5 Å². The van der Waals surface area contributed by atoms with Gasteiger partial charge in [-0.1, -0.05) is 5.16 Å². The third kappa shape index (κ3) is 7.07. The number of thiazole rings is 1. The first kappa shape index (κ1) is 33.8. The van der Waals surface area contributed by atoms with Crippen LogP contribution in [-0.4, -0.2) is 102 Å². The number of aromatic hydroxyl groups is 2. The van der Waals surface area contributed by atoms with Crippen molar-refractivity contribution in [2.75, 3.05) is 24.6 Å². The third-order valence-electron chi connectivity index (χ3n) is 6.86. The van der Waals surface area contributed by atoms with Crippen LogP contribution in [0.3, 0.4) is 0 Å². The summed E-state index contributed by atoms with van der Waals surface area (Å²) >= 11 is 2.08. The van der Waals surface area contributed by atoms with Gasteiger partial charge in [0.2, 0.25) is 11.5 Å². The Morgan fingerprint density at radius 3 is 2.52 bits per heavy atom. The fraction of sp³-hybridized carbons (Fsp3) is 0.385. The number of rotatable bonds is 10. The van der Waals surface area contributed by atoms with E-state index in [9.17, 15) is 44.1 Å². The van der Waals surface area contributed by atoms with Gasteiger partial charge in [-0.2, -0.15) is 0 Å². The number of hydrogen-bond acceptors (Lipinski definition) is 15. The van der Waals surface area contributed by atoms with Gasteiger partial charge >= 0.3 is 11.9 Å². The number of benzene rings is 1. The Morgan fingerprint density at radius 1 is 1.20 bits per heavy atom. The molecule has 0 radical (unpaired) electrons. The Kier molecular flexibility index (Phi) is 9.61. The number of thioether (sulfide) groups is 1. The van der Waals surface area contributed by atoms with E-state index in [1.807, 2.05) is 0 Å². The number of carboxylic acids is 1. The summed E-state index contributed by atoms with van der Waals surface area (Å²) in [6.07, 6.45) is 0. The van der Waals surface area contributed by atoms with Crippen molar-refractivity contribution in [1.82, 2.24) is 26.1 Å². The Morgan fingerprint density at radius 2 is 1.91 bits per heavy atom. The van der Waals surface area contributed by atoms with Crippen molar-refractivity contribution in [2.45, 2.75) is 37.8 Å². The number of oxime groups is 1. The Balaban J connectivity index is 1.43. The van der Waals surface area contributed by atoms with Gasteiger partial charge in [0.1, 0.15) is 29.1 Å². The molecule has 0 aliphatic carbocycles. The minimum absolute atomic E-state index is 0.00312. The molecule has 4 amide bonds. The number of hydrazine groups is 1. The van der Waals surface area contributed by atoms with Gasteiger partial charge in [-0.3, -0.25) is 39.6 Å². The van der Waals surface area contributed by atoms with Gasteiger partial charge in [0, 0.05) is 30.2 Å². The van der Waals surface area contributed by atoms with Crippen LogP contribution in [0.1, 0.15) is 36.8 Å². The minimum Gasteiger partial charge on any atom is -0.504 e. The summed E-state index contributed by atoms with van der Waals surface area (Å²) in [6, 6.07) is 2.21. The van der Waals surface area contributed by atoms with Gasteiger partial charge in [0.15, 0.2) is 22.3 Å². The maximum absolute atomic E-state index is 13.4. The van der Waals surface area contributed by atoms with Crippen LogP contribution in [0, 0.1) is 5.41 Å². The van der Waals surface area contributed by atoms with Crippen molar-refractivity contribution >= 4 is 69.5 Å². The maximum Gasteiger partial charge on any atom is 0.315 e. The lowest BCUT2D eigenvalue weighted by molar-refractivity contribution is -0.164. The van der Waals surface area contributed by atoms with Crippen LogP contribution < -0.4 is 21.9 Å². The predicted octanol–water partition coefficient (Wildman–Crippen LogP) is -0.869. The van der Waals surface area contributed by atoms with Crippen molar-refractivity contribution in [1.29, 1.82) is 0 Å². The zero-order valence-corrected chi connectivity index (χ0v) is 26.1. The smallest absolute Gasteiger partial charge is 0.315 e. The molecule has 2 saturated heterocycles. The second-order valence-corrected chi connectivity index (χ2v) is 12.7. The Hall–Kier alpha value is -5.11. The van der Waals surface area contributed by atoms with Crippen molar-refractivity contribution < 1.29 is 53.7 Å². The monoisotopic (exact) mass is 679 g/mol. The number of carbonyl (C=O) groups excluding carboxylic acids is 5. The number of hydrogen-bond donors (Lipinski definition) is 7. The molecule has 2 aliphatic rings. The lowest BCUT2D eigenvalue weighted by Gasteiger charge is -2.53. The first-order chi connectivity index (χ1) is 21.5. The zero-order chi connectivity index (χ0) is 34.0. The highest BCUT2D eigenvalue weighted by molar-refractivity contribution is 8.00. The molecule has 2 aliphatic heterocycles. The molecular formula is C26H29N7O11S2. The summed E-state index contributed by atoms with van der Waals surface area (Å²) < 4.78 is 4.94. The first-order valence-electron chi connectivity index (χ1n) is 13.2. The van der Waals surface area contributed by atoms with Crippen LogP contribution in [0.15, 0.2) is 28.7 Å². The van der Waals surface area contributed by atoms with E-state index in [1.165, 1.54) is 30.2 Å². The topological polar surface area (TPSA) is 272 Å². The number of carboxylic acid groups (broad SMARTS) is 1. The van der Waals surface area contributed by atoms with Crippen molar-refractivity contribution in [3.63, 3.8) is 0 Å². The molecule has 0 spiro atoms. The molecule has 2 aromatic rings. The quantitative estimate of drug-likeness (QED) is 0.0529. The van der Waals surface area contributed by atoms with E-state index < -0.39 is 81.8 Å². The molecule has 20 heteroatoms. The lowest BCUT2D eigenvalue weighted by Crippen LogP contribution is -2.74. The summed E-state index contributed by atoms with van der Waals surface area (Å²) in [4.78, 5) is 85.5. The number of amides is 4. The summed E-state index contributed by atoms with van der Waals surface area (Å²) in [5, 5.41) is 36.0. The van der Waals surface area contributed by atoms with E-state index in [1.54, 1.807) is 0 Å².